The molecular weight excluding hydrogens is 514 g/mol. The van der Waals surface area contributed by atoms with Crippen molar-refractivity contribution < 1.29 is 14.3 Å². The molecule has 3 aromatic rings. The molecule has 5 rings (SSSR count). The predicted molar refractivity (Wildman–Crippen MR) is 158 cm³/mol. The molecule has 2 aromatic carbocycles. The van der Waals surface area contributed by atoms with Gasteiger partial charge in [-0.25, -0.2) is 9.78 Å². The Labute approximate surface area is 242 Å². The van der Waals surface area contributed by atoms with Crippen LogP contribution in [0.15, 0.2) is 36.4 Å². The summed E-state index contributed by atoms with van der Waals surface area (Å²) in [6.45, 7) is 12.2. The van der Waals surface area contributed by atoms with E-state index < -0.39 is 5.60 Å². The number of hydrogen-bond donors (Lipinski definition) is 1. The number of H-pyrrole nitrogens is 1. The van der Waals surface area contributed by atoms with E-state index in [1.807, 2.05) is 62.9 Å². The van der Waals surface area contributed by atoms with Crippen molar-refractivity contribution in [3.8, 4) is 17.5 Å². The second-order valence-corrected chi connectivity index (χ2v) is 12.3. The van der Waals surface area contributed by atoms with Gasteiger partial charge < -0.3 is 19.5 Å². The first-order chi connectivity index (χ1) is 19.5. The lowest BCUT2D eigenvalue weighted by Gasteiger charge is -2.32. The fourth-order valence-corrected chi connectivity index (χ4v) is 5.85. The van der Waals surface area contributed by atoms with Crippen molar-refractivity contribution in [3.63, 3.8) is 0 Å². The van der Waals surface area contributed by atoms with E-state index in [0.29, 0.717) is 56.1 Å². The fraction of sp³-hybridized carbons (Fsp3) is 0.455. The number of benzene rings is 2. The SMILES string of the molecule is Cc1cc(C)c(-c2nc3c([nH]2)CCN(C(=O)OC(C)(C)C)CC3)cc1C(=O)N1CCC(c2ccc(C#N)cc2)CC1. The number of amides is 2. The lowest BCUT2D eigenvalue weighted by Crippen LogP contribution is -2.38. The minimum atomic E-state index is -0.526. The normalized spacial score (nSPS) is 16.1. The van der Waals surface area contributed by atoms with Gasteiger partial charge >= 0.3 is 6.09 Å². The molecule has 0 unspecified atom stereocenters. The second-order valence-electron chi connectivity index (χ2n) is 12.3. The number of nitrogens with one attached hydrogen (secondary N) is 1. The molecule has 8 nitrogen and oxygen atoms in total. The van der Waals surface area contributed by atoms with Crippen LogP contribution in [0.4, 0.5) is 4.79 Å². The number of ether oxygens (including phenoxy) is 1. The molecule has 0 radical (unpaired) electrons. The van der Waals surface area contributed by atoms with Crippen molar-refractivity contribution in [2.24, 2.45) is 0 Å². The van der Waals surface area contributed by atoms with Crippen LogP contribution in [0.1, 0.15) is 83.5 Å². The summed E-state index contributed by atoms with van der Waals surface area (Å²) in [5, 5.41) is 9.07. The summed E-state index contributed by atoms with van der Waals surface area (Å²) in [5.74, 6) is 1.22. The average Bonchev–Trinajstić information content (AvgIpc) is 3.23. The zero-order chi connectivity index (χ0) is 29.3. The van der Waals surface area contributed by atoms with Crippen molar-refractivity contribution >= 4 is 12.0 Å². The van der Waals surface area contributed by atoms with Gasteiger partial charge in [-0.05, 0) is 88.3 Å². The van der Waals surface area contributed by atoms with Crippen LogP contribution in [0, 0.1) is 25.2 Å². The van der Waals surface area contributed by atoms with Crippen LogP contribution >= 0.6 is 0 Å². The topological polar surface area (TPSA) is 102 Å². The van der Waals surface area contributed by atoms with Gasteiger partial charge in [0.15, 0.2) is 0 Å². The number of hydrogen-bond acceptors (Lipinski definition) is 5. The quantitative estimate of drug-likeness (QED) is 0.434. The Bertz CT molecular complexity index is 1460. The van der Waals surface area contributed by atoms with E-state index in [0.717, 1.165) is 46.7 Å². The van der Waals surface area contributed by atoms with Crippen molar-refractivity contribution in [2.75, 3.05) is 26.2 Å². The van der Waals surface area contributed by atoms with Crippen LogP contribution in [0.2, 0.25) is 0 Å². The number of carbonyl (C=O) groups excluding carboxylic acids is 2. The monoisotopic (exact) mass is 553 g/mol. The Hall–Kier alpha value is -4.12. The number of likely N-dealkylation sites (tertiary alicyclic amines) is 1. The summed E-state index contributed by atoms with van der Waals surface area (Å²) < 4.78 is 5.56. The largest absolute Gasteiger partial charge is 0.444 e. The van der Waals surface area contributed by atoms with Gasteiger partial charge in [-0.15, -0.1) is 0 Å². The van der Waals surface area contributed by atoms with E-state index in [1.165, 1.54) is 5.56 Å². The number of nitriles is 1. The molecule has 41 heavy (non-hydrogen) atoms. The first-order valence-corrected chi connectivity index (χ1v) is 14.5. The number of rotatable bonds is 3. The van der Waals surface area contributed by atoms with Gasteiger partial charge in [-0.3, -0.25) is 4.79 Å². The van der Waals surface area contributed by atoms with E-state index in [-0.39, 0.29) is 12.0 Å². The van der Waals surface area contributed by atoms with Crippen LogP contribution in [0.25, 0.3) is 11.4 Å². The number of imidazole rings is 1. The van der Waals surface area contributed by atoms with Crippen molar-refractivity contribution in [1.82, 2.24) is 19.8 Å². The molecule has 214 valence electrons. The molecular formula is C33H39N5O3. The summed E-state index contributed by atoms with van der Waals surface area (Å²) >= 11 is 0. The zero-order valence-electron chi connectivity index (χ0n) is 24.7. The molecule has 0 atom stereocenters. The van der Waals surface area contributed by atoms with Crippen LogP contribution in [0.3, 0.4) is 0 Å². The third-order valence-electron chi connectivity index (χ3n) is 8.12. The van der Waals surface area contributed by atoms with Crippen LogP contribution < -0.4 is 0 Å². The molecule has 0 bridgehead atoms. The minimum Gasteiger partial charge on any atom is -0.444 e. The highest BCUT2D eigenvalue weighted by Gasteiger charge is 2.28. The Balaban J connectivity index is 1.28. The fourth-order valence-electron chi connectivity index (χ4n) is 5.85. The molecule has 0 spiro atoms. The molecule has 2 aliphatic rings. The highest BCUT2D eigenvalue weighted by Crippen LogP contribution is 2.31. The summed E-state index contributed by atoms with van der Waals surface area (Å²) in [7, 11) is 0. The average molecular weight is 554 g/mol. The molecule has 1 aromatic heterocycles. The van der Waals surface area contributed by atoms with Gasteiger partial charge in [-0.2, -0.15) is 5.26 Å². The molecule has 0 aliphatic carbocycles. The maximum absolute atomic E-state index is 13.7. The summed E-state index contributed by atoms with van der Waals surface area (Å²) in [4.78, 5) is 38.4. The molecule has 3 heterocycles. The van der Waals surface area contributed by atoms with Crippen LogP contribution in [-0.2, 0) is 17.6 Å². The van der Waals surface area contributed by atoms with Gasteiger partial charge in [0.2, 0.25) is 0 Å². The Morgan fingerprint density at radius 3 is 2.32 bits per heavy atom. The van der Waals surface area contributed by atoms with Gasteiger partial charge in [0, 0.05) is 55.8 Å². The highest BCUT2D eigenvalue weighted by molar-refractivity contribution is 5.97. The maximum atomic E-state index is 13.7. The zero-order valence-corrected chi connectivity index (χ0v) is 24.7. The van der Waals surface area contributed by atoms with Gasteiger partial charge in [0.1, 0.15) is 11.4 Å². The molecule has 2 aliphatic heterocycles. The van der Waals surface area contributed by atoms with E-state index in [1.54, 1.807) is 4.90 Å². The number of aryl methyl sites for hydroxylation is 2. The number of nitrogens with zero attached hydrogens (tertiary/aromatic N) is 4. The Morgan fingerprint density at radius 1 is 0.976 bits per heavy atom. The Morgan fingerprint density at radius 2 is 1.66 bits per heavy atom. The minimum absolute atomic E-state index is 0.0585. The molecule has 1 saturated heterocycles. The van der Waals surface area contributed by atoms with Gasteiger partial charge in [0.25, 0.3) is 5.91 Å². The number of carbonyl (C=O) groups is 2. The van der Waals surface area contributed by atoms with Gasteiger partial charge in [0.05, 0.1) is 17.3 Å². The first-order valence-electron chi connectivity index (χ1n) is 14.5. The number of piperidine rings is 1. The van der Waals surface area contributed by atoms with E-state index in [9.17, 15) is 9.59 Å². The van der Waals surface area contributed by atoms with E-state index in [2.05, 4.69) is 24.0 Å². The van der Waals surface area contributed by atoms with Crippen molar-refractivity contribution in [3.05, 3.63) is 75.6 Å². The summed E-state index contributed by atoms with van der Waals surface area (Å²) in [5.41, 5.74) is 7.05. The molecule has 8 heteroatoms. The highest BCUT2D eigenvalue weighted by atomic mass is 16.6. The van der Waals surface area contributed by atoms with Crippen LogP contribution in [0.5, 0.6) is 0 Å². The molecule has 1 N–H and O–H groups in total. The van der Waals surface area contributed by atoms with E-state index >= 15 is 0 Å². The third kappa shape index (κ3) is 6.30. The molecule has 1 fully saturated rings. The predicted octanol–water partition coefficient (Wildman–Crippen LogP) is 5.92. The molecule has 0 saturated carbocycles. The van der Waals surface area contributed by atoms with E-state index in [4.69, 9.17) is 15.0 Å². The van der Waals surface area contributed by atoms with Crippen LogP contribution in [-0.4, -0.2) is 63.5 Å². The first kappa shape index (κ1) is 28.4. The maximum Gasteiger partial charge on any atom is 0.410 e. The lowest BCUT2D eigenvalue weighted by molar-refractivity contribution is 0.0258. The van der Waals surface area contributed by atoms with Crippen molar-refractivity contribution in [1.29, 1.82) is 5.26 Å². The summed E-state index contributed by atoms with van der Waals surface area (Å²) in [6, 6.07) is 14.1. The number of aromatic nitrogens is 2. The number of aromatic amines is 1. The second kappa shape index (κ2) is 11.4. The Kier molecular flexibility index (Phi) is 7.90. The third-order valence-corrected chi connectivity index (χ3v) is 8.12. The summed E-state index contributed by atoms with van der Waals surface area (Å²) in [6.07, 6.45) is 2.84. The smallest absolute Gasteiger partial charge is 0.410 e. The number of fused-ring (bicyclic) bond motifs is 1. The standard InChI is InChI=1S/C33H39N5O3/c1-21-18-22(2)27(31(39)37-14-10-25(11-15-37)24-8-6-23(20-34)7-9-24)19-26(21)30-35-28-12-16-38(17-13-29(28)36-30)32(40)41-33(3,4)5/h6-9,18-19,25H,10-17H2,1-5H3,(H,35,36). The van der Waals surface area contributed by atoms with Crippen molar-refractivity contribution in [2.45, 2.75) is 71.8 Å². The molecule has 2 amide bonds. The van der Waals surface area contributed by atoms with Gasteiger partial charge in [-0.1, -0.05) is 18.2 Å². The lowest BCUT2D eigenvalue weighted by atomic mass is 9.88.